The number of nitrogens with one attached hydrogen (secondary N) is 1. The molecule has 2 amide bonds. The number of hydrogen-bond donors (Lipinski definition) is 1. The van der Waals surface area contributed by atoms with E-state index in [-0.39, 0.29) is 0 Å². The smallest absolute Gasteiger partial charge is 0.269 e. The van der Waals surface area contributed by atoms with Gasteiger partial charge in [-0.2, -0.15) is 0 Å². The van der Waals surface area contributed by atoms with Crippen LogP contribution in [0.4, 0.5) is 4.79 Å². The summed E-state index contributed by atoms with van der Waals surface area (Å²) >= 11 is 0. The van der Waals surface area contributed by atoms with E-state index in [4.69, 9.17) is 0 Å². The van der Waals surface area contributed by atoms with Gasteiger partial charge in [0, 0.05) is 5.56 Å². The van der Waals surface area contributed by atoms with Crippen LogP contribution in [0.3, 0.4) is 0 Å². The fourth-order valence-corrected chi connectivity index (χ4v) is 1.22. The number of carbonyl (C=O) groups excluding carboxylic acids is 2. The van der Waals surface area contributed by atoms with Crippen LogP contribution in [0, 0.1) is 0 Å². The monoisotopic (exact) mass is 226 g/mol. The minimum absolute atomic E-state index is 0.370. The molecule has 0 fully saturated rings. The van der Waals surface area contributed by atoms with Crippen molar-refractivity contribution in [2.24, 2.45) is 0 Å². The second kappa shape index (κ2) is 4.35. The lowest BCUT2D eigenvalue weighted by atomic mass is 10.2. The Labute approximate surface area is 89.1 Å². The third-order valence-electron chi connectivity index (χ3n) is 1.70. The van der Waals surface area contributed by atoms with Gasteiger partial charge in [0.25, 0.3) is 5.91 Å². The Morgan fingerprint density at radius 2 is 1.67 bits per heavy atom. The fraction of sp³-hybridized carbons (Fsp3) is 0.200. The highest BCUT2D eigenvalue weighted by Crippen LogP contribution is 2.00. The van der Waals surface area contributed by atoms with E-state index in [9.17, 15) is 13.8 Å². The predicted octanol–water partition coefficient (Wildman–Crippen LogP) is 1.30. The van der Waals surface area contributed by atoms with Crippen molar-refractivity contribution in [3.8, 4) is 0 Å². The molecule has 80 valence electrons. The summed E-state index contributed by atoms with van der Waals surface area (Å²) in [7, 11) is -2.63. The highest BCUT2D eigenvalue weighted by atomic mass is 32.2. The molecule has 15 heavy (non-hydrogen) atoms. The van der Waals surface area contributed by atoms with E-state index in [0.717, 1.165) is 0 Å². The van der Waals surface area contributed by atoms with Crippen molar-refractivity contribution in [3.63, 3.8) is 0 Å². The van der Waals surface area contributed by atoms with Crippen LogP contribution in [0.5, 0.6) is 0 Å². The van der Waals surface area contributed by atoms with Crippen LogP contribution in [0.15, 0.2) is 30.3 Å². The van der Waals surface area contributed by atoms with Crippen LogP contribution in [-0.4, -0.2) is 23.7 Å². The first-order valence-corrected chi connectivity index (χ1v) is 6.63. The van der Waals surface area contributed by atoms with Gasteiger partial charge >= 0.3 is 5.24 Å². The molecule has 0 bridgehead atoms. The Balaban J connectivity index is 2.74. The number of rotatable bonds is 1. The zero-order valence-corrected chi connectivity index (χ0v) is 9.34. The van der Waals surface area contributed by atoms with E-state index in [0.29, 0.717) is 5.56 Å². The lowest BCUT2D eigenvalue weighted by Crippen LogP contribution is -2.36. The topological polar surface area (TPSA) is 63.2 Å². The van der Waals surface area contributed by atoms with Crippen LogP contribution in [0.2, 0.25) is 0 Å². The molecular formula is C10H12NO3S+. The van der Waals surface area contributed by atoms with Crippen molar-refractivity contribution in [2.45, 2.75) is 0 Å². The van der Waals surface area contributed by atoms with E-state index in [1.807, 2.05) is 0 Å². The highest BCUT2D eigenvalue weighted by molar-refractivity contribution is 8.15. The molecule has 0 atom stereocenters. The minimum atomic E-state index is -2.63. The van der Waals surface area contributed by atoms with Crippen LogP contribution in [0.1, 0.15) is 10.4 Å². The van der Waals surface area contributed by atoms with Crippen molar-refractivity contribution in [3.05, 3.63) is 35.9 Å². The van der Waals surface area contributed by atoms with Gasteiger partial charge in [-0.3, -0.25) is 4.79 Å². The van der Waals surface area contributed by atoms with Gasteiger partial charge in [0.15, 0.2) is 9.93 Å². The molecule has 0 saturated heterocycles. The summed E-state index contributed by atoms with van der Waals surface area (Å²) in [4.78, 5) is 22.7. The number of amides is 2. The van der Waals surface area contributed by atoms with E-state index in [1.165, 1.54) is 12.5 Å². The second-order valence-corrected chi connectivity index (χ2v) is 6.18. The van der Waals surface area contributed by atoms with Crippen molar-refractivity contribution in [1.29, 1.82) is 0 Å². The first kappa shape index (κ1) is 11.6. The van der Waals surface area contributed by atoms with Gasteiger partial charge in [-0.25, -0.2) is 10.1 Å². The van der Waals surface area contributed by atoms with Crippen molar-refractivity contribution < 1.29 is 13.8 Å². The van der Waals surface area contributed by atoms with Crippen LogP contribution < -0.4 is 5.32 Å². The SMILES string of the molecule is C[S+](C)(=O)C(=O)NC(=O)c1ccccc1. The highest BCUT2D eigenvalue weighted by Gasteiger charge is 2.28. The Morgan fingerprint density at radius 3 is 2.13 bits per heavy atom. The second-order valence-electron chi connectivity index (χ2n) is 3.34. The summed E-state index contributed by atoms with van der Waals surface area (Å²) < 4.78 is 11.3. The lowest BCUT2D eigenvalue weighted by Gasteiger charge is -2.01. The molecular weight excluding hydrogens is 214 g/mol. The predicted molar refractivity (Wildman–Crippen MR) is 59.2 cm³/mol. The maximum absolute atomic E-state index is 11.4. The average Bonchev–Trinajstić information content (AvgIpc) is 2.17. The molecule has 0 aliphatic heterocycles. The van der Waals surface area contributed by atoms with Crippen LogP contribution in [-0.2, 0) is 14.1 Å². The Hall–Kier alpha value is -1.49. The molecule has 5 heteroatoms. The van der Waals surface area contributed by atoms with E-state index >= 15 is 0 Å². The number of benzene rings is 1. The van der Waals surface area contributed by atoms with Crippen LogP contribution in [0.25, 0.3) is 0 Å². The molecule has 0 aliphatic rings. The number of imide groups is 1. The molecule has 0 spiro atoms. The summed E-state index contributed by atoms with van der Waals surface area (Å²) in [6, 6.07) is 8.30. The zero-order chi connectivity index (χ0) is 11.5. The van der Waals surface area contributed by atoms with E-state index < -0.39 is 21.1 Å². The molecule has 0 aliphatic carbocycles. The summed E-state index contributed by atoms with van der Waals surface area (Å²) in [6.45, 7) is 0. The molecule has 0 unspecified atom stereocenters. The van der Waals surface area contributed by atoms with Gasteiger partial charge in [0.05, 0.1) is 0 Å². The first-order valence-electron chi connectivity index (χ1n) is 4.26. The molecule has 1 aromatic rings. The summed E-state index contributed by atoms with van der Waals surface area (Å²) in [5.41, 5.74) is 0.370. The Morgan fingerprint density at radius 1 is 1.13 bits per heavy atom. The Bertz CT molecular complexity index is 422. The van der Waals surface area contributed by atoms with E-state index in [1.54, 1.807) is 30.3 Å². The number of hydrogen-bond acceptors (Lipinski definition) is 3. The maximum Gasteiger partial charge on any atom is 0.438 e. The quantitative estimate of drug-likeness (QED) is 0.734. The minimum Gasteiger partial charge on any atom is -0.269 e. The number of carbonyl (C=O) groups is 2. The van der Waals surface area contributed by atoms with E-state index in [2.05, 4.69) is 5.32 Å². The van der Waals surface area contributed by atoms with Crippen LogP contribution >= 0.6 is 0 Å². The van der Waals surface area contributed by atoms with Gasteiger partial charge in [-0.1, -0.05) is 22.4 Å². The summed E-state index contributed by atoms with van der Waals surface area (Å²) in [5.74, 6) is -0.531. The molecule has 1 N–H and O–H groups in total. The maximum atomic E-state index is 11.4. The molecule has 0 saturated carbocycles. The molecule has 0 radical (unpaired) electrons. The lowest BCUT2D eigenvalue weighted by molar-refractivity contribution is 0.0969. The van der Waals surface area contributed by atoms with Crippen molar-refractivity contribution in [1.82, 2.24) is 5.32 Å². The van der Waals surface area contributed by atoms with Gasteiger partial charge in [-0.15, -0.1) is 0 Å². The average molecular weight is 226 g/mol. The molecule has 0 heterocycles. The first-order chi connectivity index (χ1) is 6.91. The third kappa shape index (κ3) is 3.28. The van der Waals surface area contributed by atoms with Gasteiger partial charge in [0.1, 0.15) is 12.5 Å². The molecule has 0 aromatic heterocycles. The Kier molecular flexibility index (Phi) is 3.36. The van der Waals surface area contributed by atoms with Crippen molar-refractivity contribution in [2.75, 3.05) is 12.5 Å². The van der Waals surface area contributed by atoms with Gasteiger partial charge in [0.2, 0.25) is 0 Å². The summed E-state index contributed by atoms with van der Waals surface area (Å²) in [5, 5.41) is 1.34. The van der Waals surface area contributed by atoms with Gasteiger partial charge < -0.3 is 0 Å². The standard InChI is InChI=1S/C10H11NO3S/c1-15(2,14)10(13)11-9(12)8-6-4-3-5-7-8/h3-7H,1-2H3/p+1. The molecule has 4 nitrogen and oxygen atoms in total. The van der Waals surface area contributed by atoms with Crippen molar-refractivity contribution >= 4 is 21.1 Å². The van der Waals surface area contributed by atoms with Gasteiger partial charge in [-0.05, 0) is 12.1 Å². The molecule has 1 rings (SSSR count). The zero-order valence-electron chi connectivity index (χ0n) is 8.52. The largest absolute Gasteiger partial charge is 0.438 e. The summed E-state index contributed by atoms with van der Waals surface area (Å²) in [6.07, 6.45) is 2.58. The fourth-order valence-electron chi connectivity index (χ4n) is 0.877. The molecule has 1 aromatic carbocycles. The normalized spacial score (nSPS) is 10.8. The third-order valence-corrected chi connectivity index (χ3v) is 2.69.